The number of halogens is 5. The number of hydrogen-bond acceptors (Lipinski definition) is 4. The van der Waals surface area contributed by atoms with Gasteiger partial charge in [-0.05, 0) is 80.8 Å². The Hall–Kier alpha value is -3.67. The first-order chi connectivity index (χ1) is 18.1. The Balaban J connectivity index is 1.81. The molecule has 1 N–H and O–H groups in total. The van der Waals surface area contributed by atoms with E-state index < -0.39 is 55.8 Å². The third-order valence-electron chi connectivity index (χ3n) is 6.55. The average molecular weight is 570 g/mol. The molecule has 0 saturated heterocycles. The number of anilines is 1. The Morgan fingerprint density at radius 3 is 2.44 bits per heavy atom. The highest BCUT2D eigenvalue weighted by atomic mass is 32.2. The SMILES string of the molecule is CC(C)(CC[C@H]1CN(S(=O)(=O)c2cccc(C(F)(F)F)c2)c2cc(-c3cc(F)ccc3F)ccc2O1)C(=O)O. The zero-order valence-corrected chi connectivity index (χ0v) is 21.6. The summed E-state index contributed by atoms with van der Waals surface area (Å²) in [4.78, 5) is 10.9. The largest absolute Gasteiger partial charge is 0.486 e. The van der Waals surface area contributed by atoms with Crippen LogP contribution in [-0.4, -0.2) is 32.1 Å². The molecule has 3 aromatic carbocycles. The van der Waals surface area contributed by atoms with E-state index in [-0.39, 0.29) is 42.0 Å². The fraction of sp³-hybridized carbons (Fsp3) is 0.296. The summed E-state index contributed by atoms with van der Waals surface area (Å²) >= 11 is 0. The number of fused-ring (bicyclic) bond motifs is 1. The molecule has 0 unspecified atom stereocenters. The minimum atomic E-state index is -4.79. The molecule has 39 heavy (non-hydrogen) atoms. The molecule has 6 nitrogen and oxygen atoms in total. The summed E-state index contributed by atoms with van der Waals surface area (Å²) < 4.78 is 103. The second-order valence-electron chi connectivity index (χ2n) is 9.84. The van der Waals surface area contributed by atoms with Crippen molar-refractivity contribution in [2.75, 3.05) is 10.8 Å². The van der Waals surface area contributed by atoms with Crippen LogP contribution in [0.25, 0.3) is 11.1 Å². The predicted molar refractivity (Wildman–Crippen MR) is 133 cm³/mol. The maximum Gasteiger partial charge on any atom is 0.416 e. The van der Waals surface area contributed by atoms with E-state index in [4.69, 9.17) is 4.74 Å². The number of nitrogens with zero attached hydrogens (tertiary/aromatic N) is 1. The van der Waals surface area contributed by atoms with Crippen LogP contribution in [0.3, 0.4) is 0 Å². The summed E-state index contributed by atoms with van der Waals surface area (Å²) in [6.45, 7) is 2.66. The first-order valence-corrected chi connectivity index (χ1v) is 13.2. The summed E-state index contributed by atoms with van der Waals surface area (Å²) in [7, 11) is -4.61. The molecule has 0 bridgehead atoms. The number of alkyl halides is 3. The summed E-state index contributed by atoms with van der Waals surface area (Å²) in [5, 5.41) is 9.43. The zero-order chi connectivity index (χ0) is 28.8. The van der Waals surface area contributed by atoms with Gasteiger partial charge >= 0.3 is 12.1 Å². The van der Waals surface area contributed by atoms with Crippen molar-refractivity contribution < 1.29 is 45.0 Å². The molecule has 0 aromatic heterocycles. The summed E-state index contributed by atoms with van der Waals surface area (Å²) in [6.07, 6.45) is -5.39. The molecule has 1 atom stereocenters. The van der Waals surface area contributed by atoms with Gasteiger partial charge in [-0.3, -0.25) is 9.10 Å². The van der Waals surface area contributed by atoms with Crippen LogP contribution in [0.2, 0.25) is 0 Å². The molecule has 0 saturated carbocycles. The molecule has 0 radical (unpaired) electrons. The normalized spacial score (nSPS) is 16.0. The molecule has 0 spiro atoms. The molecule has 1 heterocycles. The minimum Gasteiger partial charge on any atom is -0.486 e. The van der Waals surface area contributed by atoms with E-state index in [0.29, 0.717) is 6.07 Å². The maximum atomic E-state index is 14.5. The number of aliphatic carboxylic acids is 1. The van der Waals surface area contributed by atoms with E-state index in [1.54, 1.807) is 0 Å². The van der Waals surface area contributed by atoms with Crippen molar-refractivity contribution in [1.29, 1.82) is 0 Å². The van der Waals surface area contributed by atoms with Crippen molar-refractivity contribution in [3.63, 3.8) is 0 Å². The van der Waals surface area contributed by atoms with Gasteiger partial charge in [0.1, 0.15) is 23.5 Å². The second-order valence-corrected chi connectivity index (χ2v) is 11.7. The Labute approximate surface area is 221 Å². The van der Waals surface area contributed by atoms with Crippen molar-refractivity contribution in [2.24, 2.45) is 5.41 Å². The number of hydrogen-bond donors (Lipinski definition) is 1. The number of carboxylic acids is 1. The van der Waals surface area contributed by atoms with Crippen molar-refractivity contribution in [3.05, 3.63) is 77.9 Å². The molecule has 0 fully saturated rings. The van der Waals surface area contributed by atoms with Gasteiger partial charge in [-0.25, -0.2) is 17.2 Å². The van der Waals surface area contributed by atoms with Crippen molar-refractivity contribution >= 4 is 21.7 Å². The van der Waals surface area contributed by atoms with Crippen LogP contribution in [-0.2, 0) is 21.0 Å². The fourth-order valence-corrected chi connectivity index (χ4v) is 5.71. The third kappa shape index (κ3) is 5.85. The van der Waals surface area contributed by atoms with Gasteiger partial charge in [0.25, 0.3) is 10.0 Å². The quantitative estimate of drug-likeness (QED) is 0.329. The van der Waals surface area contributed by atoms with Gasteiger partial charge in [0, 0.05) is 5.56 Å². The van der Waals surface area contributed by atoms with Crippen LogP contribution >= 0.6 is 0 Å². The summed E-state index contributed by atoms with van der Waals surface area (Å²) in [6, 6.07) is 10.1. The molecular formula is C27H24F5NO5S. The minimum absolute atomic E-state index is 0.0375. The second kappa shape index (κ2) is 10.1. The molecule has 208 valence electrons. The summed E-state index contributed by atoms with van der Waals surface area (Å²) in [5.41, 5.74) is -2.43. The average Bonchev–Trinajstić information content (AvgIpc) is 2.87. The Bertz CT molecular complexity index is 1520. The molecule has 0 amide bonds. The molecule has 0 aliphatic carbocycles. The molecule has 1 aliphatic rings. The van der Waals surface area contributed by atoms with E-state index in [0.717, 1.165) is 40.7 Å². The molecule has 4 rings (SSSR count). The lowest BCUT2D eigenvalue weighted by atomic mass is 9.86. The van der Waals surface area contributed by atoms with E-state index in [1.165, 1.54) is 32.0 Å². The number of ether oxygens (including phenoxy) is 1. The maximum absolute atomic E-state index is 14.5. The van der Waals surface area contributed by atoms with Crippen LogP contribution in [0.15, 0.2) is 65.6 Å². The van der Waals surface area contributed by atoms with Gasteiger partial charge in [0.15, 0.2) is 0 Å². The van der Waals surface area contributed by atoms with E-state index in [1.807, 2.05) is 0 Å². The van der Waals surface area contributed by atoms with Gasteiger partial charge in [0.2, 0.25) is 0 Å². The van der Waals surface area contributed by atoms with Crippen molar-refractivity contribution in [3.8, 4) is 16.9 Å². The van der Waals surface area contributed by atoms with Gasteiger partial charge in [0.05, 0.1) is 28.1 Å². The summed E-state index contributed by atoms with van der Waals surface area (Å²) in [5.74, 6) is -2.52. The third-order valence-corrected chi connectivity index (χ3v) is 8.33. The van der Waals surface area contributed by atoms with E-state index >= 15 is 0 Å². The lowest BCUT2D eigenvalue weighted by Gasteiger charge is -2.36. The Morgan fingerprint density at radius 2 is 1.77 bits per heavy atom. The van der Waals surface area contributed by atoms with Crippen molar-refractivity contribution in [1.82, 2.24) is 0 Å². The Kier molecular flexibility index (Phi) is 7.37. The van der Waals surface area contributed by atoms with Crippen LogP contribution < -0.4 is 9.04 Å². The topological polar surface area (TPSA) is 83.9 Å². The number of carboxylic acid groups (broad SMARTS) is 1. The highest BCUT2D eigenvalue weighted by Gasteiger charge is 2.38. The number of sulfonamides is 1. The molecule has 3 aromatic rings. The molecule has 12 heteroatoms. The molecule has 1 aliphatic heterocycles. The number of rotatable bonds is 7. The van der Waals surface area contributed by atoms with E-state index in [2.05, 4.69) is 0 Å². The van der Waals surface area contributed by atoms with Gasteiger partial charge < -0.3 is 9.84 Å². The zero-order valence-electron chi connectivity index (χ0n) is 20.8. The standard InChI is InChI=1S/C27H24F5NO5S/c1-26(2,25(34)35)11-10-19-15-33(39(36,37)20-5-3-4-17(13-20)27(30,31)32)23-12-16(6-9-24(23)38-19)21-14-18(28)7-8-22(21)29/h3-9,12-14,19H,10-11,15H2,1-2H3,(H,34,35)/t19-/m0/s1. The number of carbonyl (C=O) groups is 1. The predicted octanol–water partition coefficient (Wildman–Crippen LogP) is 6.50. The number of benzene rings is 3. The molecular weight excluding hydrogens is 545 g/mol. The lowest BCUT2D eigenvalue weighted by molar-refractivity contribution is -0.147. The van der Waals surface area contributed by atoms with Crippen LogP contribution in [0.5, 0.6) is 5.75 Å². The monoisotopic (exact) mass is 569 g/mol. The van der Waals surface area contributed by atoms with E-state index in [9.17, 15) is 40.3 Å². The first kappa shape index (κ1) is 28.3. The Morgan fingerprint density at radius 1 is 1.05 bits per heavy atom. The highest BCUT2D eigenvalue weighted by Crippen LogP contribution is 2.42. The van der Waals surface area contributed by atoms with Crippen LogP contribution in [0, 0.1) is 17.0 Å². The smallest absolute Gasteiger partial charge is 0.416 e. The van der Waals surface area contributed by atoms with Gasteiger partial charge in [-0.15, -0.1) is 0 Å². The van der Waals surface area contributed by atoms with Crippen molar-refractivity contribution in [2.45, 2.75) is 43.9 Å². The van der Waals surface area contributed by atoms with Gasteiger partial charge in [-0.2, -0.15) is 13.2 Å². The lowest BCUT2D eigenvalue weighted by Crippen LogP contribution is -2.44. The fourth-order valence-electron chi connectivity index (χ4n) is 4.17. The van der Waals surface area contributed by atoms with Gasteiger partial charge in [-0.1, -0.05) is 12.1 Å². The van der Waals surface area contributed by atoms with Crippen LogP contribution in [0.1, 0.15) is 32.3 Å². The van der Waals surface area contributed by atoms with Crippen LogP contribution in [0.4, 0.5) is 27.6 Å². The highest BCUT2D eigenvalue weighted by molar-refractivity contribution is 7.92. The first-order valence-electron chi connectivity index (χ1n) is 11.8.